The molecule has 3 atom stereocenters. The summed E-state index contributed by atoms with van der Waals surface area (Å²) in [6, 6.07) is 0.258. The highest BCUT2D eigenvalue weighted by molar-refractivity contribution is 5.81. The summed E-state index contributed by atoms with van der Waals surface area (Å²) in [5.41, 5.74) is 0.231. The van der Waals surface area contributed by atoms with Crippen LogP contribution in [-0.2, 0) is 14.3 Å². The molecular formula is C17H27NO4. The molecule has 0 aromatic carbocycles. The number of carbonyl (C=O) groups is 2. The summed E-state index contributed by atoms with van der Waals surface area (Å²) in [6.45, 7) is 4.61. The van der Waals surface area contributed by atoms with Crippen molar-refractivity contribution in [3.8, 4) is 0 Å². The second-order valence-corrected chi connectivity index (χ2v) is 7.33. The Morgan fingerprint density at radius 3 is 2.50 bits per heavy atom. The monoisotopic (exact) mass is 309 g/mol. The lowest BCUT2D eigenvalue weighted by atomic mass is 9.74. The van der Waals surface area contributed by atoms with Crippen LogP contribution in [0.4, 0.5) is 0 Å². The molecule has 0 aromatic heterocycles. The Hall–Kier alpha value is -1.10. The number of aliphatic carboxylic acids is 1. The molecule has 2 saturated heterocycles. The average molecular weight is 309 g/mol. The van der Waals surface area contributed by atoms with E-state index in [1.807, 2.05) is 4.90 Å². The first kappa shape index (κ1) is 15.8. The second-order valence-electron chi connectivity index (χ2n) is 7.33. The van der Waals surface area contributed by atoms with Gasteiger partial charge in [0.25, 0.3) is 0 Å². The molecule has 5 heteroatoms. The molecule has 5 nitrogen and oxygen atoms in total. The Labute approximate surface area is 132 Å². The van der Waals surface area contributed by atoms with Gasteiger partial charge in [-0.2, -0.15) is 0 Å². The quantitative estimate of drug-likeness (QED) is 0.850. The maximum Gasteiger partial charge on any atom is 0.306 e. The summed E-state index contributed by atoms with van der Waals surface area (Å²) < 4.78 is 5.49. The summed E-state index contributed by atoms with van der Waals surface area (Å²) in [6.07, 6.45) is 6.10. The minimum absolute atomic E-state index is 0.0905. The Bertz CT molecular complexity index is 444. The number of ether oxygens (including phenoxy) is 1. The molecule has 3 aliphatic rings. The molecule has 1 spiro atoms. The van der Waals surface area contributed by atoms with Gasteiger partial charge >= 0.3 is 5.97 Å². The fourth-order valence-electron chi connectivity index (χ4n) is 4.70. The molecule has 22 heavy (non-hydrogen) atoms. The lowest BCUT2D eigenvalue weighted by molar-refractivity contribution is -0.146. The topological polar surface area (TPSA) is 66.8 Å². The molecule has 1 amide bonds. The molecule has 0 bridgehead atoms. The Morgan fingerprint density at radius 1 is 1.14 bits per heavy atom. The van der Waals surface area contributed by atoms with Gasteiger partial charge in [-0.25, -0.2) is 0 Å². The van der Waals surface area contributed by atoms with Crippen LogP contribution in [0.2, 0.25) is 0 Å². The van der Waals surface area contributed by atoms with Crippen LogP contribution >= 0.6 is 0 Å². The maximum atomic E-state index is 12.9. The number of likely N-dealkylation sites (tertiary alicyclic amines) is 1. The van der Waals surface area contributed by atoms with Crippen molar-refractivity contribution in [1.82, 2.24) is 4.90 Å². The van der Waals surface area contributed by atoms with Crippen LogP contribution < -0.4 is 0 Å². The number of hydrogen-bond donors (Lipinski definition) is 1. The van der Waals surface area contributed by atoms with E-state index < -0.39 is 5.97 Å². The van der Waals surface area contributed by atoms with Crippen LogP contribution in [-0.4, -0.2) is 47.7 Å². The molecule has 0 radical (unpaired) electrons. The zero-order valence-electron chi connectivity index (χ0n) is 13.4. The highest BCUT2D eigenvalue weighted by atomic mass is 16.5. The first-order valence-corrected chi connectivity index (χ1v) is 8.64. The summed E-state index contributed by atoms with van der Waals surface area (Å²) in [5.74, 6) is -0.973. The van der Waals surface area contributed by atoms with Crippen molar-refractivity contribution in [2.45, 2.75) is 57.9 Å². The van der Waals surface area contributed by atoms with E-state index in [4.69, 9.17) is 4.74 Å². The van der Waals surface area contributed by atoms with Gasteiger partial charge in [0.05, 0.1) is 5.92 Å². The van der Waals surface area contributed by atoms with Crippen molar-refractivity contribution in [3.05, 3.63) is 0 Å². The molecule has 2 heterocycles. The van der Waals surface area contributed by atoms with E-state index in [9.17, 15) is 14.7 Å². The van der Waals surface area contributed by atoms with Gasteiger partial charge in [-0.3, -0.25) is 9.59 Å². The minimum Gasteiger partial charge on any atom is -0.481 e. The second kappa shape index (κ2) is 6.19. The van der Waals surface area contributed by atoms with Gasteiger partial charge in [0.1, 0.15) is 0 Å². The van der Waals surface area contributed by atoms with Crippen molar-refractivity contribution in [1.29, 1.82) is 0 Å². The van der Waals surface area contributed by atoms with E-state index in [1.165, 1.54) is 0 Å². The van der Waals surface area contributed by atoms with Crippen LogP contribution in [0, 0.1) is 17.3 Å². The van der Waals surface area contributed by atoms with E-state index in [2.05, 4.69) is 6.92 Å². The number of amides is 1. The Morgan fingerprint density at radius 2 is 1.82 bits per heavy atom. The number of nitrogens with zero attached hydrogens (tertiary/aromatic N) is 1. The van der Waals surface area contributed by atoms with Crippen LogP contribution in [0.5, 0.6) is 0 Å². The van der Waals surface area contributed by atoms with Crippen LogP contribution in [0.25, 0.3) is 0 Å². The van der Waals surface area contributed by atoms with Crippen LogP contribution in [0.1, 0.15) is 51.9 Å². The SMILES string of the molecule is CC1N(C(=O)C2CCCC(C(=O)O)C2)CCC12CCOCC2. The highest BCUT2D eigenvalue weighted by Gasteiger charge is 2.48. The third-order valence-corrected chi connectivity index (χ3v) is 6.35. The van der Waals surface area contributed by atoms with E-state index in [0.29, 0.717) is 6.42 Å². The Kier molecular flexibility index (Phi) is 4.44. The minimum atomic E-state index is -0.743. The summed E-state index contributed by atoms with van der Waals surface area (Å²) in [4.78, 5) is 26.2. The number of carbonyl (C=O) groups excluding carboxylic acids is 1. The standard InChI is InChI=1S/C17H27NO4/c1-12-17(6-9-22-10-7-17)5-8-18(12)15(19)13-3-2-4-14(11-13)16(20)21/h12-14H,2-11H2,1H3,(H,20,21). The van der Waals surface area contributed by atoms with Crippen LogP contribution in [0.15, 0.2) is 0 Å². The van der Waals surface area contributed by atoms with Crippen LogP contribution in [0.3, 0.4) is 0 Å². The predicted molar refractivity (Wildman–Crippen MR) is 81.4 cm³/mol. The fourth-order valence-corrected chi connectivity index (χ4v) is 4.70. The molecule has 2 aliphatic heterocycles. The predicted octanol–water partition coefficient (Wildman–Crippen LogP) is 2.30. The lowest BCUT2D eigenvalue weighted by Crippen LogP contribution is -2.46. The molecular weight excluding hydrogens is 282 g/mol. The fraction of sp³-hybridized carbons (Fsp3) is 0.882. The third kappa shape index (κ3) is 2.75. The van der Waals surface area contributed by atoms with Gasteiger partial charge < -0.3 is 14.7 Å². The van der Waals surface area contributed by atoms with E-state index in [1.54, 1.807) is 0 Å². The van der Waals surface area contributed by atoms with Gasteiger partial charge in [-0.15, -0.1) is 0 Å². The molecule has 1 aliphatic carbocycles. The smallest absolute Gasteiger partial charge is 0.306 e. The van der Waals surface area contributed by atoms with Crippen molar-refractivity contribution in [3.63, 3.8) is 0 Å². The summed E-state index contributed by atoms with van der Waals surface area (Å²) in [7, 11) is 0. The molecule has 3 fully saturated rings. The largest absolute Gasteiger partial charge is 0.481 e. The van der Waals surface area contributed by atoms with Gasteiger partial charge in [-0.05, 0) is 50.9 Å². The van der Waals surface area contributed by atoms with Gasteiger partial charge in [0.2, 0.25) is 5.91 Å². The first-order valence-electron chi connectivity index (χ1n) is 8.64. The van der Waals surface area contributed by atoms with E-state index in [0.717, 1.165) is 58.3 Å². The molecule has 1 saturated carbocycles. The maximum absolute atomic E-state index is 12.9. The summed E-state index contributed by atoms with van der Waals surface area (Å²) in [5, 5.41) is 9.22. The Balaban J connectivity index is 1.66. The van der Waals surface area contributed by atoms with Gasteiger partial charge in [0.15, 0.2) is 0 Å². The average Bonchev–Trinajstić information content (AvgIpc) is 2.84. The molecule has 3 unspecified atom stereocenters. The van der Waals surface area contributed by atoms with Gasteiger partial charge in [0, 0.05) is 31.7 Å². The van der Waals surface area contributed by atoms with Crippen molar-refractivity contribution < 1.29 is 19.4 Å². The molecule has 1 N–H and O–H groups in total. The summed E-state index contributed by atoms with van der Waals surface area (Å²) >= 11 is 0. The third-order valence-electron chi connectivity index (χ3n) is 6.35. The normalized spacial score (nSPS) is 34.8. The number of carboxylic acids is 1. The highest BCUT2D eigenvalue weighted by Crippen LogP contribution is 2.46. The van der Waals surface area contributed by atoms with E-state index >= 15 is 0 Å². The zero-order valence-corrected chi connectivity index (χ0v) is 13.4. The van der Waals surface area contributed by atoms with Gasteiger partial charge in [-0.1, -0.05) is 6.42 Å². The molecule has 124 valence electrons. The molecule has 3 rings (SSSR count). The number of hydrogen-bond acceptors (Lipinski definition) is 3. The number of carboxylic acid groups (broad SMARTS) is 1. The van der Waals surface area contributed by atoms with Crippen molar-refractivity contribution >= 4 is 11.9 Å². The number of rotatable bonds is 2. The van der Waals surface area contributed by atoms with E-state index in [-0.39, 0.29) is 29.2 Å². The molecule has 0 aromatic rings. The van der Waals surface area contributed by atoms with Crippen molar-refractivity contribution in [2.24, 2.45) is 17.3 Å². The lowest BCUT2D eigenvalue weighted by Gasteiger charge is -2.40. The first-order chi connectivity index (χ1) is 10.5. The zero-order chi connectivity index (χ0) is 15.7. The van der Waals surface area contributed by atoms with Crippen molar-refractivity contribution in [2.75, 3.05) is 19.8 Å².